The average Bonchev–Trinajstić information content (AvgIpc) is 3.52. The minimum atomic E-state index is -1.21. The van der Waals surface area contributed by atoms with Crippen molar-refractivity contribution in [2.75, 3.05) is 0 Å². The summed E-state index contributed by atoms with van der Waals surface area (Å²) in [5.41, 5.74) is 2.66. The van der Waals surface area contributed by atoms with Crippen molar-refractivity contribution >= 4 is 24.0 Å². The summed E-state index contributed by atoms with van der Waals surface area (Å²) in [4.78, 5) is 36.7. The van der Waals surface area contributed by atoms with E-state index in [1.165, 1.54) is 13.0 Å². The van der Waals surface area contributed by atoms with Gasteiger partial charge in [-0.3, -0.25) is 10.1 Å². The minimum absolute atomic E-state index is 0.0576. The van der Waals surface area contributed by atoms with Gasteiger partial charge in [-0.2, -0.15) is 5.26 Å². The van der Waals surface area contributed by atoms with E-state index in [4.69, 9.17) is 4.74 Å². The van der Waals surface area contributed by atoms with E-state index in [0.29, 0.717) is 6.04 Å². The van der Waals surface area contributed by atoms with Crippen LogP contribution < -0.4 is 10.6 Å². The highest BCUT2D eigenvalue weighted by atomic mass is 16.5. The van der Waals surface area contributed by atoms with Crippen molar-refractivity contribution in [1.82, 2.24) is 15.2 Å². The molecule has 0 spiro atoms. The predicted molar refractivity (Wildman–Crippen MR) is 115 cm³/mol. The first-order chi connectivity index (χ1) is 14.8. The topological polar surface area (TPSA) is 113 Å². The van der Waals surface area contributed by atoms with Crippen LogP contribution in [0.2, 0.25) is 0 Å². The highest BCUT2D eigenvalue weighted by molar-refractivity contribution is 6.01. The van der Waals surface area contributed by atoms with Crippen LogP contribution in [0.25, 0.3) is 6.08 Å². The van der Waals surface area contributed by atoms with Crippen molar-refractivity contribution < 1.29 is 19.1 Å². The highest BCUT2D eigenvalue weighted by Gasteiger charge is 2.27. The maximum atomic E-state index is 12.4. The second-order valence-electron chi connectivity index (χ2n) is 8.44. The van der Waals surface area contributed by atoms with Gasteiger partial charge in [0.2, 0.25) is 0 Å². The van der Waals surface area contributed by atoms with Crippen LogP contribution in [0.15, 0.2) is 11.6 Å². The third-order valence-electron chi connectivity index (χ3n) is 5.91. The first-order valence-electron chi connectivity index (χ1n) is 10.9. The van der Waals surface area contributed by atoms with Crippen LogP contribution in [0.1, 0.15) is 74.9 Å². The largest absolute Gasteiger partial charge is 0.448 e. The Hall–Kier alpha value is -3.08. The molecule has 0 unspecified atom stereocenters. The highest BCUT2D eigenvalue weighted by Crippen LogP contribution is 2.38. The first-order valence-corrected chi connectivity index (χ1v) is 10.9. The molecule has 0 aromatic carbocycles. The molecule has 2 saturated carbocycles. The van der Waals surface area contributed by atoms with E-state index in [2.05, 4.69) is 15.2 Å². The number of esters is 1. The van der Waals surface area contributed by atoms with Crippen LogP contribution in [-0.4, -0.2) is 34.6 Å². The zero-order chi connectivity index (χ0) is 22.5. The zero-order valence-electron chi connectivity index (χ0n) is 18.4. The minimum Gasteiger partial charge on any atom is -0.448 e. The lowest BCUT2D eigenvalue weighted by Crippen LogP contribution is -2.48. The summed E-state index contributed by atoms with van der Waals surface area (Å²) in [5.74, 6) is -1.63. The fraction of sp³-hybridized carbons (Fsp3) is 0.565. The van der Waals surface area contributed by atoms with Crippen LogP contribution in [0.5, 0.6) is 0 Å². The second kappa shape index (κ2) is 9.82. The van der Waals surface area contributed by atoms with E-state index in [1.54, 1.807) is 0 Å². The van der Waals surface area contributed by atoms with Gasteiger partial charge in [0.15, 0.2) is 6.10 Å². The number of rotatable bonds is 6. The summed E-state index contributed by atoms with van der Waals surface area (Å²) >= 11 is 0. The molecule has 31 heavy (non-hydrogen) atoms. The van der Waals surface area contributed by atoms with Crippen LogP contribution >= 0.6 is 0 Å². The lowest BCUT2D eigenvalue weighted by atomic mass is 9.96. The molecule has 8 heteroatoms. The van der Waals surface area contributed by atoms with E-state index < -0.39 is 24.0 Å². The van der Waals surface area contributed by atoms with Crippen molar-refractivity contribution in [3.8, 4) is 6.07 Å². The van der Waals surface area contributed by atoms with Gasteiger partial charge in [-0.1, -0.05) is 19.3 Å². The van der Waals surface area contributed by atoms with E-state index in [9.17, 15) is 19.6 Å². The molecule has 1 heterocycles. The lowest BCUT2D eigenvalue weighted by molar-refractivity contribution is -0.150. The molecule has 1 aromatic rings. The summed E-state index contributed by atoms with van der Waals surface area (Å²) in [7, 11) is 0. The monoisotopic (exact) mass is 426 g/mol. The number of ether oxygens (including phenoxy) is 1. The average molecular weight is 427 g/mol. The van der Waals surface area contributed by atoms with Crippen LogP contribution in [-0.2, 0) is 14.3 Å². The second-order valence-corrected chi connectivity index (χ2v) is 8.44. The third kappa shape index (κ3) is 5.75. The van der Waals surface area contributed by atoms with Gasteiger partial charge in [0.1, 0.15) is 11.6 Å². The van der Waals surface area contributed by atoms with Gasteiger partial charge in [-0.05, 0) is 64.2 Å². The number of aromatic nitrogens is 1. The normalized spacial score (nSPS) is 18.1. The van der Waals surface area contributed by atoms with Gasteiger partial charge in [-0.25, -0.2) is 9.59 Å². The van der Waals surface area contributed by atoms with Gasteiger partial charge in [0.25, 0.3) is 5.91 Å². The number of imide groups is 1. The maximum absolute atomic E-state index is 12.4. The van der Waals surface area contributed by atoms with Gasteiger partial charge in [0, 0.05) is 23.5 Å². The maximum Gasteiger partial charge on any atom is 0.349 e. The van der Waals surface area contributed by atoms with Crippen molar-refractivity contribution in [1.29, 1.82) is 5.26 Å². The van der Waals surface area contributed by atoms with E-state index >= 15 is 0 Å². The summed E-state index contributed by atoms with van der Waals surface area (Å²) in [6.07, 6.45) is 7.60. The molecular weight excluding hydrogens is 396 g/mol. The molecule has 2 fully saturated rings. The Balaban J connectivity index is 1.57. The molecule has 8 nitrogen and oxygen atoms in total. The lowest BCUT2D eigenvalue weighted by Gasteiger charge is -2.23. The molecular formula is C23H30N4O4. The van der Waals surface area contributed by atoms with Crippen LogP contribution in [0.3, 0.4) is 0 Å². The first kappa shape index (κ1) is 22.6. The van der Waals surface area contributed by atoms with Gasteiger partial charge >= 0.3 is 12.0 Å². The van der Waals surface area contributed by atoms with E-state index in [1.807, 2.05) is 26.0 Å². The number of amides is 3. The number of nitrogens with zero attached hydrogens (tertiary/aromatic N) is 2. The van der Waals surface area contributed by atoms with Crippen molar-refractivity contribution in [2.24, 2.45) is 0 Å². The zero-order valence-corrected chi connectivity index (χ0v) is 18.4. The van der Waals surface area contributed by atoms with Crippen LogP contribution in [0, 0.1) is 25.2 Å². The summed E-state index contributed by atoms with van der Waals surface area (Å²) in [6.45, 7) is 5.32. The number of hydrogen-bond donors (Lipinski definition) is 2. The van der Waals surface area contributed by atoms with Crippen molar-refractivity contribution in [2.45, 2.75) is 83.9 Å². The SMILES string of the molecule is Cc1cc(/C=C(\C#N)C(=O)O[C@@H](C)C(=O)NC(=O)NC2CCCCC2)c(C)n1C1CC1. The fourth-order valence-electron chi connectivity index (χ4n) is 4.10. The van der Waals surface area contributed by atoms with Gasteiger partial charge in [-0.15, -0.1) is 0 Å². The smallest absolute Gasteiger partial charge is 0.349 e. The Morgan fingerprint density at radius 1 is 1.19 bits per heavy atom. The summed E-state index contributed by atoms with van der Waals surface area (Å²) < 4.78 is 7.35. The quantitative estimate of drug-likeness (QED) is 0.411. The number of nitriles is 1. The number of carbonyl (C=O) groups excluding carboxylic acids is 3. The van der Waals surface area contributed by atoms with Gasteiger partial charge in [0.05, 0.1) is 0 Å². The number of nitrogens with one attached hydrogen (secondary N) is 2. The molecule has 0 bridgehead atoms. The molecule has 3 amide bonds. The number of urea groups is 1. The molecule has 1 atom stereocenters. The van der Waals surface area contributed by atoms with E-state index in [-0.39, 0.29) is 11.6 Å². The van der Waals surface area contributed by atoms with Crippen molar-refractivity contribution in [3.05, 3.63) is 28.6 Å². The number of hydrogen-bond acceptors (Lipinski definition) is 5. The predicted octanol–water partition coefficient (Wildman–Crippen LogP) is 3.44. The summed E-state index contributed by atoms with van der Waals surface area (Å²) in [5, 5.41) is 14.4. The molecule has 2 aliphatic rings. The Bertz CT molecular complexity index is 930. The van der Waals surface area contributed by atoms with Gasteiger partial charge < -0.3 is 14.6 Å². The van der Waals surface area contributed by atoms with Crippen LogP contribution in [0.4, 0.5) is 4.79 Å². The Morgan fingerprint density at radius 3 is 2.48 bits per heavy atom. The molecule has 3 rings (SSSR count). The molecule has 166 valence electrons. The Morgan fingerprint density at radius 2 is 1.87 bits per heavy atom. The Kier molecular flexibility index (Phi) is 7.16. The molecule has 2 aliphatic carbocycles. The number of aryl methyl sites for hydroxylation is 1. The Labute approximate surface area is 182 Å². The summed E-state index contributed by atoms with van der Waals surface area (Å²) in [6, 6.07) is 3.74. The third-order valence-corrected chi connectivity index (χ3v) is 5.91. The molecule has 2 N–H and O–H groups in total. The van der Waals surface area contributed by atoms with E-state index in [0.717, 1.165) is 61.9 Å². The fourth-order valence-corrected chi connectivity index (χ4v) is 4.10. The molecule has 0 saturated heterocycles. The van der Waals surface area contributed by atoms with Crippen molar-refractivity contribution in [3.63, 3.8) is 0 Å². The molecule has 1 aromatic heterocycles. The standard InChI is InChI=1S/C23H30N4O4/c1-14-11-17(15(2)27(14)20-9-10-20)12-18(13-24)22(29)31-16(3)21(28)26-23(30)25-19-7-5-4-6-8-19/h11-12,16,19-20H,4-10H2,1-3H3,(H2,25,26,28,30)/b18-12+/t16-/m0/s1. The molecule has 0 radical (unpaired) electrons. The molecule has 0 aliphatic heterocycles. The number of carbonyl (C=O) groups is 3.